The summed E-state index contributed by atoms with van der Waals surface area (Å²) in [5, 5.41) is 13.9. The quantitative estimate of drug-likeness (QED) is 0.557. The van der Waals surface area contributed by atoms with Crippen LogP contribution in [-0.4, -0.2) is 15.7 Å². The standard InChI is InChI=1S/C22H20N4O/c1-3-16-8-10-17(11-9-16)21-19(12-18(13-23)22(24)27)14-26(25-21)20-7-5-4-6-15(20)2/h4-12,14H,3H2,1-2H3,(H2,24,27)/b18-12+. The van der Waals surface area contributed by atoms with Gasteiger partial charge in [0.2, 0.25) is 0 Å². The number of primary amides is 1. The van der Waals surface area contributed by atoms with Gasteiger partial charge >= 0.3 is 0 Å². The molecule has 27 heavy (non-hydrogen) atoms. The Morgan fingerprint density at radius 3 is 2.52 bits per heavy atom. The summed E-state index contributed by atoms with van der Waals surface area (Å²) in [6, 6.07) is 17.8. The first-order valence-electron chi connectivity index (χ1n) is 8.70. The van der Waals surface area contributed by atoms with E-state index in [4.69, 9.17) is 10.8 Å². The lowest BCUT2D eigenvalue weighted by molar-refractivity contribution is -0.114. The number of carbonyl (C=O) groups is 1. The smallest absolute Gasteiger partial charge is 0.259 e. The number of para-hydroxylation sites is 1. The maximum atomic E-state index is 11.5. The Balaban J connectivity index is 2.19. The van der Waals surface area contributed by atoms with Crippen molar-refractivity contribution in [1.82, 2.24) is 9.78 Å². The van der Waals surface area contributed by atoms with Gasteiger partial charge in [-0.25, -0.2) is 4.68 Å². The van der Waals surface area contributed by atoms with E-state index in [2.05, 4.69) is 19.1 Å². The molecule has 0 aliphatic rings. The van der Waals surface area contributed by atoms with E-state index >= 15 is 0 Å². The van der Waals surface area contributed by atoms with Crippen molar-refractivity contribution in [2.75, 3.05) is 0 Å². The highest BCUT2D eigenvalue weighted by atomic mass is 16.1. The van der Waals surface area contributed by atoms with Gasteiger partial charge in [-0.2, -0.15) is 10.4 Å². The van der Waals surface area contributed by atoms with Gasteiger partial charge in [0.25, 0.3) is 5.91 Å². The summed E-state index contributed by atoms with van der Waals surface area (Å²) >= 11 is 0. The molecule has 0 saturated carbocycles. The fraction of sp³-hybridized carbons (Fsp3) is 0.136. The predicted molar refractivity (Wildman–Crippen MR) is 106 cm³/mol. The Kier molecular flexibility index (Phi) is 5.18. The first-order chi connectivity index (χ1) is 13.0. The molecule has 134 valence electrons. The average molecular weight is 356 g/mol. The molecular weight excluding hydrogens is 336 g/mol. The Hall–Kier alpha value is -3.65. The van der Waals surface area contributed by atoms with Gasteiger partial charge in [-0.05, 0) is 36.6 Å². The van der Waals surface area contributed by atoms with E-state index in [1.165, 1.54) is 11.6 Å². The highest BCUT2D eigenvalue weighted by Crippen LogP contribution is 2.27. The molecule has 0 spiro atoms. The Labute approximate surface area is 158 Å². The van der Waals surface area contributed by atoms with E-state index in [0.29, 0.717) is 11.3 Å². The minimum atomic E-state index is -0.756. The third kappa shape index (κ3) is 3.80. The summed E-state index contributed by atoms with van der Waals surface area (Å²) in [6.07, 6.45) is 4.25. The third-order valence-electron chi connectivity index (χ3n) is 4.43. The van der Waals surface area contributed by atoms with Gasteiger partial charge in [0, 0.05) is 17.3 Å². The minimum Gasteiger partial charge on any atom is -0.365 e. The molecule has 0 unspecified atom stereocenters. The van der Waals surface area contributed by atoms with Crippen LogP contribution in [0, 0.1) is 18.3 Å². The van der Waals surface area contributed by atoms with Crippen LogP contribution < -0.4 is 5.73 Å². The molecule has 0 fully saturated rings. The van der Waals surface area contributed by atoms with Crippen LogP contribution >= 0.6 is 0 Å². The number of hydrogen-bond donors (Lipinski definition) is 1. The molecular formula is C22H20N4O. The van der Waals surface area contributed by atoms with Crippen LogP contribution in [0.3, 0.4) is 0 Å². The summed E-state index contributed by atoms with van der Waals surface area (Å²) in [5.74, 6) is -0.756. The Morgan fingerprint density at radius 2 is 1.93 bits per heavy atom. The van der Waals surface area contributed by atoms with Crippen LogP contribution in [0.15, 0.2) is 60.3 Å². The fourth-order valence-corrected chi connectivity index (χ4v) is 2.87. The lowest BCUT2D eigenvalue weighted by Crippen LogP contribution is -2.12. The molecule has 0 atom stereocenters. The van der Waals surface area contributed by atoms with Crippen LogP contribution in [0.2, 0.25) is 0 Å². The molecule has 1 amide bonds. The maximum absolute atomic E-state index is 11.5. The van der Waals surface area contributed by atoms with Crippen molar-refractivity contribution < 1.29 is 4.79 Å². The van der Waals surface area contributed by atoms with E-state index < -0.39 is 5.91 Å². The number of benzene rings is 2. The largest absolute Gasteiger partial charge is 0.365 e. The van der Waals surface area contributed by atoms with Gasteiger partial charge in [-0.1, -0.05) is 49.4 Å². The van der Waals surface area contributed by atoms with Gasteiger partial charge in [0.15, 0.2) is 0 Å². The topological polar surface area (TPSA) is 84.7 Å². The van der Waals surface area contributed by atoms with Crippen molar-refractivity contribution in [3.8, 4) is 23.0 Å². The maximum Gasteiger partial charge on any atom is 0.259 e. The van der Waals surface area contributed by atoms with Gasteiger partial charge in [-0.15, -0.1) is 0 Å². The van der Waals surface area contributed by atoms with E-state index in [9.17, 15) is 10.1 Å². The van der Waals surface area contributed by atoms with E-state index in [1.807, 2.05) is 55.6 Å². The van der Waals surface area contributed by atoms with Crippen molar-refractivity contribution in [2.45, 2.75) is 20.3 Å². The van der Waals surface area contributed by atoms with Crippen molar-refractivity contribution in [3.63, 3.8) is 0 Å². The summed E-state index contributed by atoms with van der Waals surface area (Å²) in [7, 11) is 0. The van der Waals surface area contributed by atoms with Crippen molar-refractivity contribution in [2.24, 2.45) is 5.73 Å². The summed E-state index contributed by atoms with van der Waals surface area (Å²) in [5.41, 5.74) is 10.7. The molecule has 1 aromatic heterocycles. The van der Waals surface area contributed by atoms with Gasteiger partial charge < -0.3 is 5.73 Å². The van der Waals surface area contributed by atoms with Gasteiger partial charge in [0.05, 0.1) is 11.4 Å². The number of rotatable bonds is 5. The molecule has 0 bridgehead atoms. The van der Waals surface area contributed by atoms with Crippen molar-refractivity contribution in [3.05, 3.63) is 77.0 Å². The molecule has 2 N–H and O–H groups in total. The number of nitrogens with zero attached hydrogens (tertiary/aromatic N) is 3. The summed E-state index contributed by atoms with van der Waals surface area (Å²) in [4.78, 5) is 11.5. The van der Waals surface area contributed by atoms with Crippen LogP contribution in [0.1, 0.15) is 23.6 Å². The molecule has 1 heterocycles. The summed E-state index contributed by atoms with van der Waals surface area (Å²) < 4.78 is 1.76. The molecule has 0 radical (unpaired) electrons. The Morgan fingerprint density at radius 1 is 1.22 bits per heavy atom. The SMILES string of the molecule is CCc1ccc(-c2nn(-c3ccccc3C)cc2/C=C(\C#N)C(N)=O)cc1. The molecule has 3 aromatic rings. The number of nitriles is 1. The van der Waals surface area contributed by atoms with Gasteiger partial charge in [0.1, 0.15) is 11.6 Å². The van der Waals surface area contributed by atoms with Crippen LogP contribution in [0.25, 0.3) is 23.0 Å². The molecule has 3 rings (SSSR count). The zero-order valence-corrected chi connectivity index (χ0v) is 15.3. The first-order valence-corrected chi connectivity index (χ1v) is 8.70. The Bertz CT molecular complexity index is 1050. The zero-order valence-electron chi connectivity index (χ0n) is 15.3. The average Bonchev–Trinajstić information content (AvgIpc) is 3.10. The second kappa shape index (κ2) is 7.71. The molecule has 5 heteroatoms. The lowest BCUT2D eigenvalue weighted by Gasteiger charge is -2.05. The predicted octanol–water partition coefficient (Wildman–Crippen LogP) is 3.80. The molecule has 0 saturated heterocycles. The summed E-state index contributed by atoms with van der Waals surface area (Å²) in [6.45, 7) is 4.11. The van der Waals surface area contributed by atoms with E-state index in [-0.39, 0.29) is 5.57 Å². The molecule has 2 aromatic carbocycles. The third-order valence-corrected chi connectivity index (χ3v) is 4.43. The molecule has 0 aliphatic carbocycles. The lowest BCUT2D eigenvalue weighted by atomic mass is 10.0. The van der Waals surface area contributed by atoms with Crippen molar-refractivity contribution in [1.29, 1.82) is 5.26 Å². The number of amides is 1. The number of aromatic nitrogens is 2. The fourth-order valence-electron chi connectivity index (χ4n) is 2.87. The zero-order chi connectivity index (χ0) is 19.4. The minimum absolute atomic E-state index is 0.106. The van der Waals surface area contributed by atoms with Crippen molar-refractivity contribution >= 4 is 12.0 Å². The van der Waals surface area contributed by atoms with Crippen LogP contribution in [0.4, 0.5) is 0 Å². The number of carbonyl (C=O) groups excluding carboxylic acids is 1. The molecule has 0 aliphatic heterocycles. The van der Waals surface area contributed by atoms with Gasteiger partial charge in [-0.3, -0.25) is 4.79 Å². The number of aryl methyl sites for hydroxylation is 2. The van der Waals surface area contributed by atoms with E-state index in [0.717, 1.165) is 23.2 Å². The second-order valence-corrected chi connectivity index (χ2v) is 6.25. The van der Waals surface area contributed by atoms with E-state index in [1.54, 1.807) is 4.68 Å². The van der Waals surface area contributed by atoms with Crippen LogP contribution in [0.5, 0.6) is 0 Å². The van der Waals surface area contributed by atoms with Crippen LogP contribution in [-0.2, 0) is 11.2 Å². The monoisotopic (exact) mass is 356 g/mol. The number of nitrogens with two attached hydrogens (primary N) is 1. The highest BCUT2D eigenvalue weighted by Gasteiger charge is 2.14. The second-order valence-electron chi connectivity index (χ2n) is 6.25. The molecule has 5 nitrogen and oxygen atoms in total. The normalized spacial score (nSPS) is 11.2. The highest BCUT2D eigenvalue weighted by molar-refractivity contribution is 6.01. The number of hydrogen-bond acceptors (Lipinski definition) is 3. The first kappa shape index (κ1) is 18.2.